The van der Waals surface area contributed by atoms with Gasteiger partial charge in [0.05, 0.1) is 18.6 Å². The Bertz CT molecular complexity index is 497. The van der Waals surface area contributed by atoms with E-state index >= 15 is 0 Å². The molecule has 1 unspecified atom stereocenters. The number of nitrogens with zero attached hydrogens (tertiary/aromatic N) is 2. The van der Waals surface area contributed by atoms with Crippen LogP contribution >= 0.6 is 0 Å². The van der Waals surface area contributed by atoms with Crippen molar-refractivity contribution in [2.24, 2.45) is 10.2 Å². The van der Waals surface area contributed by atoms with Gasteiger partial charge in [0, 0.05) is 32.3 Å². The summed E-state index contributed by atoms with van der Waals surface area (Å²) in [5, 5.41) is 19.9. The summed E-state index contributed by atoms with van der Waals surface area (Å²) >= 11 is 0. The molecule has 2 heterocycles. The number of carboxylic acid groups (broad SMARTS) is 1. The molecule has 0 bridgehead atoms. The van der Waals surface area contributed by atoms with E-state index in [-0.39, 0.29) is 25.4 Å². The van der Waals surface area contributed by atoms with Gasteiger partial charge < -0.3 is 15.2 Å². The highest BCUT2D eigenvalue weighted by Gasteiger charge is 2.41. The number of hydrogen-bond acceptors (Lipinski definition) is 5. The van der Waals surface area contributed by atoms with Crippen LogP contribution in [0.5, 0.6) is 0 Å². The zero-order valence-electron chi connectivity index (χ0n) is 12.5. The maximum Gasteiger partial charge on any atom is 0.305 e. The molecule has 0 spiro atoms. The van der Waals surface area contributed by atoms with Gasteiger partial charge in [-0.2, -0.15) is 10.2 Å². The number of carboxylic acids is 1. The molecule has 1 saturated heterocycles. The zero-order valence-corrected chi connectivity index (χ0v) is 12.5. The van der Waals surface area contributed by atoms with Gasteiger partial charge in [-0.1, -0.05) is 0 Å². The quantitative estimate of drug-likeness (QED) is 0.663. The molecular formula is C15H21N3O4. The number of rotatable bonds is 8. The molecule has 2 aliphatic heterocycles. The maximum absolute atomic E-state index is 12.2. The number of aliphatic carboxylic acids is 1. The van der Waals surface area contributed by atoms with E-state index in [4.69, 9.17) is 16.3 Å². The van der Waals surface area contributed by atoms with Crippen LogP contribution in [0.2, 0.25) is 0 Å². The van der Waals surface area contributed by atoms with Crippen molar-refractivity contribution in [1.29, 1.82) is 0 Å². The summed E-state index contributed by atoms with van der Waals surface area (Å²) < 4.78 is 5.36. The number of carbonyl (C=O) groups is 2. The Kier molecular flexibility index (Phi) is 5.14. The Morgan fingerprint density at radius 2 is 2.14 bits per heavy atom. The van der Waals surface area contributed by atoms with Crippen LogP contribution < -0.4 is 5.32 Å². The minimum Gasteiger partial charge on any atom is -0.481 e. The molecular weight excluding hydrogens is 286 g/mol. The predicted molar refractivity (Wildman–Crippen MR) is 78.1 cm³/mol. The van der Waals surface area contributed by atoms with Crippen LogP contribution in [0.3, 0.4) is 0 Å². The van der Waals surface area contributed by atoms with Crippen molar-refractivity contribution < 1.29 is 19.4 Å². The minimum absolute atomic E-state index is 0.129. The summed E-state index contributed by atoms with van der Waals surface area (Å²) in [6.07, 6.45) is 8.43. The lowest BCUT2D eigenvalue weighted by Gasteiger charge is -2.36. The van der Waals surface area contributed by atoms with Crippen molar-refractivity contribution in [3.63, 3.8) is 0 Å². The third kappa shape index (κ3) is 4.53. The van der Waals surface area contributed by atoms with E-state index in [9.17, 15) is 9.59 Å². The van der Waals surface area contributed by atoms with Gasteiger partial charge in [-0.05, 0) is 12.8 Å². The summed E-state index contributed by atoms with van der Waals surface area (Å²) in [6.45, 7) is 0.840. The number of ether oxygens (including phenoxy) is 1. The molecule has 2 N–H and O–H groups in total. The number of nitrogens with one attached hydrogen (secondary N) is 1. The molecule has 2 aliphatic rings. The molecule has 0 radical (unpaired) electrons. The van der Waals surface area contributed by atoms with E-state index in [0.717, 1.165) is 6.42 Å². The molecule has 22 heavy (non-hydrogen) atoms. The summed E-state index contributed by atoms with van der Waals surface area (Å²) in [5.74, 6) is 1.41. The standard InChI is InChI=1S/C15H21N3O4/c1-2-3-7-15(17-18-15)8-5-12(19)16-14(10-13(20)21)6-4-9-22-11-14/h1H,3-11H2,(H,16,19)(H,20,21). The molecule has 0 aromatic rings. The number of hydrogen-bond donors (Lipinski definition) is 2. The second-order valence-corrected chi connectivity index (χ2v) is 5.94. The molecule has 0 aliphatic carbocycles. The fourth-order valence-corrected chi connectivity index (χ4v) is 2.76. The van der Waals surface area contributed by atoms with E-state index < -0.39 is 17.2 Å². The van der Waals surface area contributed by atoms with Crippen LogP contribution in [0.25, 0.3) is 0 Å². The van der Waals surface area contributed by atoms with Gasteiger partial charge in [-0.25, -0.2) is 0 Å². The van der Waals surface area contributed by atoms with Gasteiger partial charge in [0.2, 0.25) is 5.91 Å². The van der Waals surface area contributed by atoms with E-state index in [0.29, 0.717) is 32.3 Å². The van der Waals surface area contributed by atoms with Crippen molar-refractivity contribution in [2.45, 2.75) is 56.1 Å². The average molecular weight is 307 g/mol. The highest BCUT2D eigenvalue weighted by Crippen LogP contribution is 2.37. The van der Waals surface area contributed by atoms with Crippen molar-refractivity contribution in [3.05, 3.63) is 0 Å². The summed E-state index contributed by atoms with van der Waals surface area (Å²) in [7, 11) is 0. The van der Waals surface area contributed by atoms with Gasteiger partial charge in [0.15, 0.2) is 5.66 Å². The Labute approximate surface area is 129 Å². The van der Waals surface area contributed by atoms with Crippen LogP contribution in [0, 0.1) is 12.3 Å². The summed E-state index contributed by atoms with van der Waals surface area (Å²) in [5.41, 5.74) is -1.29. The highest BCUT2D eigenvalue weighted by molar-refractivity contribution is 5.78. The second kappa shape index (κ2) is 6.88. The van der Waals surface area contributed by atoms with Gasteiger partial charge >= 0.3 is 5.97 Å². The third-order valence-corrected chi connectivity index (χ3v) is 4.02. The van der Waals surface area contributed by atoms with Crippen molar-refractivity contribution in [3.8, 4) is 12.3 Å². The maximum atomic E-state index is 12.2. The van der Waals surface area contributed by atoms with Crippen LogP contribution in [0.15, 0.2) is 10.2 Å². The van der Waals surface area contributed by atoms with Crippen LogP contribution in [-0.2, 0) is 14.3 Å². The second-order valence-electron chi connectivity index (χ2n) is 5.94. The molecule has 0 aromatic heterocycles. The molecule has 7 heteroatoms. The Morgan fingerprint density at radius 3 is 2.68 bits per heavy atom. The first-order valence-electron chi connectivity index (χ1n) is 7.47. The zero-order chi connectivity index (χ0) is 16.1. The van der Waals surface area contributed by atoms with Crippen LogP contribution in [-0.4, -0.2) is 41.4 Å². The number of terminal acetylenes is 1. The Hall–Kier alpha value is -1.94. The normalized spacial score (nSPS) is 25.2. The average Bonchev–Trinajstić information content (AvgIpc) is 3.23. The predicted octanol–water partition coefficient (Wildman–Crippen LogP) is 1.48. The van der Waals surface area contributed by atoms with Crippen LogP contribution in [0.1, 0.15) is 44.9 Å². The Morgan fingerprint density at radius 1 is 1.36 bits per heavy atom. The molecule has 2 rings (SSSR count). The number of carbonyl (C=O) groups excluding carboxylic acids is 1. The van der Waals surface area contributed by atoms with E-state index in [1.54, 1.807) is 0 Å². The summed E-state index contributed by atoms with van der Waals surface area (Å²) in [6, 6.07) is 0. The molecule has 1 atom stereocenters. The van der Waals surface area contributed by atoms with Crippen LogP contribution in [0.4, 0.5) is 0 Å². The lowest BCUT2D eigenvalue weighted by molar-refractivity contribution is -0.141. The minimum atomic E-state index is -0.941. The first kappa shape index (κ1) is 16.4. The van der Waals surface area contributed by atoms with Gasteiger partial charge in [0.1, 0.15) is 0 Å². The molecule has 120 valence electrons. The van der Waals surface area contributed by atoms with Gasteiger partial charge in [-0.15, -0.1) is 12.3 Å². The molecule has 0 aromatic carbocycles. The van der Waals surface area contributed by atoms with Gasteiger partial charge in [-0.3, -0.25) is 9.59 Å². The third-order valence-electron chi connectivity index (χ3n) is 4.02. The van der Waals surface area contributed by atoms with Crippen molar-refractivity contribution in [1.82, 2.24) is 5.32 Å². The monoisotopic (exact) mass is 307 g/mol. The van der Waals surface area contributed by atoms with E-state index in [1.807, 2.05) is 0 Å². The van der Waals surface area contributed by atoms with Gasteiger partial charge in [0.25, 0.3) is 0 Å². The first-order valence-corrected chi connectivity index (χ1v) is 7.47. The fourth-order valence-electron chi connectivity index (χ4n) is 2.76. The van der Waals surface area contributed by atoms with Crippen molar-refractivity contribution >= 4 is 11.9 Å². The lowest BCUT2D eigenvalue weighted by atomic mass is 9.88. The smallest absolute Gasteiger partial charge is 0.305 e. The molecule has 0 saturated carbocycles. The van der Waals surface area contributed by atoms with E-state index in [2.05, 4.69) is 21.5 Å². The largest absolute Gasteiger partial charge is 0.481 e. The number of amides is 1. The van der Waals surface area contributed by atoms with E-state index in [1.165, 1.54) is 0 Å². The highest BCUT2D eigenvalue weighted by atomic mass is 16.5. The molecule has 7 nitrogen and oxygen atoms in total. The fraction of sp³-hybridized carbons (Fsp3) is 0.733. The summed E-state index contributed by atoms with van der Waals surface area (Å²) in [4.78, 5) is 23.2. The molecule has 1 amide bonds. The lowest BCUT2D eigenvalue weighted by Crippen LogP contribution is -2.55. The van der Waals surface area contributed by atoms with Crippen molar-refractivity contribution in [2.75, 3.05) is 13.2 Å². The SMILES string of the molecule is C#CCCC1(CCC(=O)NC2(CC(=O)O)CCCOC2)N=N1. The Balaban J connectivity index is 1.83. The first-order chi connectivity index (χ1) is 10.5. The topological polar surface area (TPSA) is 100 Å². The molecule has 1 fully saturated rings.